The molecule has 7 heteroatoms. The van der Waals surface area contributed by atoms with Crippen molar-refractivity contribution >= 4 is 34.3 Å². The molecule has 0 fully saturated rings. The Kier molecular flexibility index (Phi) is 5.19. The number of rotatable bonds is 5. The second kappa shape index (κ2) is 7.40. The molecule has 0 amide bonds. The van der Waals surface area contributed by atoms with E-state index in [2.05, 4.69) is 9.97 Å². The van der Waals surface area contributed by atoms with E-state index >= 15 is 0 Å². The Morgan fingerprint density at radius 3 is 2.59 bits per heavy atom. The van der Waals surface area contributed by atoms with Crippen LogP contribution >= 0.6 is 11.6 Å². The maximum Gasteiger partial charge on any atom is 0.355 e. The molecule has 6 nitrogen and oxygen atoms in total. The molecular weight excluding hydrogens is 368 g/mol. The van der Waals surface area contributed by atoms with Crippen molar-refractivity contribution in [2.45, 2.75) is 27.4 Å². The number of H-pyrrole nitrogens is 1. The van der Waals surface area contributed by atoms with Gasteiger partial charge in [0.15, 0.2) is 5.78 Å². The van der Waals surface area contributed by atoms with Gasteiger partial charge in [0.2, 0.25) is 0 Å². The molecule has 0 atom stereocenters. The summed E-state index contributed by atoms with van der Waals surface area (Å²) < 4.78 is 10.6. The normalized spacial score (nSPS) is 10.9. The van der Waals surface area contributed by atoms with Crippen LogP contribution in [0.25, 0.3) is 10.9 Å². The Balaban J connectivity index is 1.82. The van der Waals surface area contributed by atoms with Crippen LogP contribution in [-0.2, 0) is 11.3 Å². The molecule has 27 heavy (non-hydrogen) atoms. The minimum Gasteiger partial charge on any atom is -0.497 e. The van der Waals surface area contributed by atoms with E-state index in [9.17, 15) is 9.59 Å². The number of halogens is 1. The van der Waals surface area contributed by atoms with Crippen LogP contribution < -0.4 is 4.74 Å². The minimum atomic E-state index is -0.547. The molecule has 0 bridgehead atoms. The first kappa shape index (κ1) is 18.9. The maximum absolute atomic E-state index is 12.4. The number of hydrogen-bond acceptors (Lipinski definition) is 5. The van der Waals surface area contributed by atoms with E-state index in [1.54, 1.807) is 27.0 Å². The molecule has 0 unspecified atom stereocenters. The molecule has 1 N–H and O–H groups in total. The quantitative estimate of drug-likeness (QED) is 0.399. The Morgan fingerprint density at radius 2 is 1.96 bits per heavy atom. The van der Waals surface area contributed by atoms with Crippen LogP contribution in [0.2, 0.25) is 5.15 Å². The number of esters is 1. The van der Waals surface area contributed by atoms with Crippen LogP contribution in [0.15, 0.2) is 24.3 Å². The summed E-state index contributed by atoms with van der Waals surface area (Å²) >= 11 is 6.23. The number of carbonyl (C=O) groups excluding carboxylic acids is 2. The molecular formula is C20H19ClN2O4. The maximum atomic E-state index is 12.4. The molecule has 0 saturated heterocycles. The standard InChI is InChI=1S/C20H19ClN2O4/c1-10-17(12(3)24)11(2)22-18(10)20(25)27-9-14-7-13-5-6-15(26-4)8-16(13)23-19(14)21/h5-8,22H,9H2,1-4H3. The summed E-state index contributed by atoms with van der Waals surface area (Å²) in [5.41, 5.74) is 3.30. The number of pyridine rings is 1. The van der Waals surface area contributed by atoms with Gasteiger partial charge in [-0.3, -0.25) is 4.79 Å². The summed E-state index contributed by atoms with van der Waals surface area (Å²) in [6.07, 6.45) is 0. The minimum absolute atomic E-state index is 0.0282. The molecule has 0 radical (unpaired) electrons. The Bertz CT molecular complexity index is 1060. The molecule has 0 saturated carbocycles. The molecule has 140 valence electrons. The molecule has 0 spiro atoms. The fourth-order valence-electron chi connectivity index (χ4n) is 3.09. The lowest BCUT2D eigenvalue weighted by Gasteiger charge is -2.08. The first-order valence-electron chi connectivity index (χ1n) is 8.32. The Morgan fingerprint density at radius 1 is 1.22 bits per heavy atom. The zero-order chi connectivity index (χ0) is 19.7. The van der Waals surface area contributed by atoms with Crippen LogP contribution in [0, 0.1) is 13.8 Å². The van der Waals surface area contributed by atoms with Gasteiger partial charge in [-0.15, -0.1) is 0 Å². The van der Waals surface area contributed by atoms with Crippen LogP contribution in [0.4, 0.5) is 0 Å². The van der Waals surface area contributed by atoms with Crippen LogP contribution in [-0.4, -0.2) is 28.8 Å². The Labute approximate surface area is 161 Å². The third kappa shape index (κ3) is 3.66. The zero-order valence-electron chi connectivity index (χ0n) is 15.5. The van der Waals surface area contributed by atoms with Gasteiger partial charge in [0.05, 0.1) is 12.6 Å². The summed E-state index contributed by atoms with van der Waals surface area (Å²) in [7, 11) is 1.58. The van der Waals surface area contributed by atoms with Crippen molar-refractivity contribution in [2.75, 3.05) is 7.11 Å². The lowest BCUT2D eigenvalue weighted by atomic mass is 10.1. The average Bonchev–Trinajstić information content (AvgIpc) is 2.93. The summed E-state index contributed by atoms with van der Waals surface area (Å²) in [4.78, 5) is 31.4. The summed E-state index contributed by atoms with van der Waals surface area (Å²) in [6, 6.07) is 7.29. The monoisotopic (exact) mass is 386 g/mol. The predicted octanol–water partition coefficient (Wildman–Crippen LogP) is 4.40. The molecule has 0 aliphatic carbocycles. The number of ketones is 1. The van der Waals surface area contributed by atoms with E-state index < -0.39 is 5.97 Å². The molecule has 2 heterocycles. The van der Waals surface area contributed by atoms with E-state index in [0.717, 1.165) is 5.39 Å². The fourth-order valence-corrected chi connectivity index (χ4v) is 3.29. The van der Waals surface area contributed by atoms with Crippen molar-refractivity contribution in [3.05, 3.63) is 57.5 Å². The molecule has 1 aromatic carbocycles. The largest absolute Gasteiger partial charge is 0.497 e. The van der Waals surface area contributed by atoms with Crippen molar-refractivity contribution in [2.24, 2.45) is 0 Å². The number of carbonyl (C=O) groups is 2. The van der Waals surface area contributed by atoms with Crippen LogP contribution in [0.5, 0.6) is 5.75 Å². The highest BCUT2D eigenvalue weighted by atomic mass is 35.5. The van der Waals surface area contributed by atoms with Gasteiger partial charge < -0.3 is 14.5 Å². The van der Waals surface area contributed by atoms with E-state index in [0.29, 0.717) is 33.7 Å². The second-order valence-electron chi connectivity index (χ2n) is 6.25. The third-order valence-corrected chi connectivity index (χ3v) is 4.73. The number of hydrogen-bond donors (Lipinski definition) is 1. The van der Waals surface area contributed by atoms with Crippen LogP contribution in [0.1, 0.15) is 44.6 Å². The van der Waals surface area contributed by atoms with Gasteiger partial charge in [0.25, 0.3) is 0 Å². The SMILES string of the molecule is COc1ccc2cc(COC(=O)c3[nH]c(C)c(C(C)=O)c3C)c(Cl)nc2c1. The van der Waals surface area contributed by atoms with E-state index in [1.807, 2.05) is 18.2 Å². The molecule has 0 aliphatic heterocycles. The van der Waals surface area contributed by atoms with Crippen molar-refractivity contribution in [3.8, 4) is 5.75 Å². The van der Waals surface area contributed by atoms with E-state index in [-0.39, 0.29) is 23.2 Å². The number of methoxy groups -OCH3 is 1. The summed E-state index contributed by atoms with van der Waals surface area (Å²) in [5, 5.41) is 1.12. The van der Waals surface area contributed by atoms with Gasteiger partial charge in [0.1, 0.15) is 23.2 Å². The number of aromatic amines is 1. The second-order valence-corrected chi connectivity index (χ2v) is 6.61. The molecule has 2 aromatic heterocycles. The van der Waals surface area contributed by atoms with Gasteiger partial charge >= 0.3 is 5.97 Å². The van der Waals surface area contributed by atoms with Crippen LogP contribution in [0.3, 0.4) is 0 Å². The highest BCUT2D eigenvalue weighted by Crippen LogP contribution is 2.25. The highest BCUT2D eigenvalue weighted by molar-refractivity contribution is 6.30. The fraction of sp³-hybridized carbons (Fsp3) is 0.250. The smallest absolute Gasteiger partial charge is 0.355 e. The van der Waals surface area contributed by atoms with E-state index in [4.69, 9.17) is 21.1 Å². The van der Waals surface area contributed by atoms with E-state index in [1.165, 1.54) is 6.92 Å². The number of fused-ring (bicyclic) bond motifs is 1. The lowest BCUT2D eigenvalue weighted by Crippen LogP contribution is -2.08. The van der Waals surface area contributed by atoms with Gasteiger partial charge in [0, 0.05) is 28.3 Å². The van der Waals surface area contributed by atoms with Gasteiger partial charge in [-0.25, -0.2) is 9.78 Å². The first-order chi connectivity index (χ1) is 12.8. The lowest BCUT2D eigenvalue weighted by molar-refractivity contribution is 0.0465. The van der Waals surface area contributed by atoms with Gasteiger partial charge in [-0.05, 0) is 44.5 Å². The number of nitrogens with one attached hydrogen (secondary N) is 1. The van der Waals surface area contributed by atoms with Crippen molar-refractivity contribution in [1.29, 1.82) is 0 Å². The highest BCUT2D eigenvalue weighted by Gasteiger charge is 2.21. The van der Waals surface area contributed by atoms with Crippen molar-refractivity contribution in [3.63, 3.8) is 0 Å². The number of aromatic nitrogens is 2. The number of ether oxygens (including phenoxy) is 2. The number of aryl methyl sites for hydroxylation is 1. The van der Waals surface area contributed by atoms with Crippen molar-refractivity contribution in [1.82, 2.24) is 9.97 Å². The Hall–Kier alpha value is -2.86. The number of nitrogens with zero attached hydrogens (tertiary/aromatic N) is 1. The topological polar surface area (TPSA) is 81.3 Å². The van der Waals surface area contributed by atoms with Gasteiger partial charge in [-0.1, -0.05) is 11.6 Å². The predicted molar refractivity (Wildman–Crippen MR) is 103 cm³/mol. The zero-order valence-corrected chi connectivity index (χ0v) is 16.2. The summed E-state index contributed by atoms with van der Waals surface area (Å²) in [5.74, 6) is 0.0376. The average molecular weight is 387 g/mol. The molecule has 3 aromatic rings. The molecule has 3 rings (SSSR count). The third-order valence-electron chi connectivity index (χ3n) is 4.40. The number of Topliss-reactive ketones (excluding diaryl/α,β-unsaturated/α-hetero) is 1. The first-order valence-corrected chi connectivity index (χ1v) is 8.70. The number of benzene rings is 1. The van der Waals surface area contributed by atoms with Gasteiger partial charge in [-0.2, -0.15) is 0 Å². The van der Waals surface area contributed by atoms with Crippen molar-refractivity contribution < 1.29 is 19.1 Å². The summed E-state index contributed by atoms with van der Waals surface area (Å²) in [6.45, 7) is 4.90. The molecule has 0 aliphatic rings.